The molecule has 3 aromatic rings. The number of fused-ring (bicyclic) bond motifs is 5. The normalized spacial score (nSPS) is 16.0. The van der Waals surface area contributed by atoms with Crippen molar-refractivity contribution in [2.75, 3.05) is 65.8 Å². The first kappa shape index (κ1) is 56.1. The summed E-state index contributed by atoms with van der Waals surface area (Å²) in [5.74, 6) is -3.68. The maximum atomic E-state index is 13.9. The summed E-state index contributed by atoms with van der Waals surface area (Å²) in [4.78, 5) is 121. The van der Waals surface area contributed by atoms with Gasteiger partial charge in [-0.15, -0.1) is 0 Å². The minimum Gasteiger partial charge on any atom is -0.508 e. The number of phenolic OH excluding ortho intramolecular Hbond substituents is 1. The fourth-order valence-corrected chi connectivity index (χ4v) is 8.45. The SMILES string of the molecule is CC[C@@]1(OC(=O)CNC(=O)C(CCCCNC(=O)COCCOCCOCCNC(=O)CCCCCN2C(=O)C=CC2=O)NC(=O)OC(C)(C)C)C(=O)OCc2c1cc1n(c2=O)Cc2cc3cc(O)ccc3nc2-1. The zero-order chi connectivity index (χ0) is 53.4. The van der Waals surface area contributed by atoms with E-state index in [0.717, 1.165) is 0 Å². The van der Waals surface area contributed by atoms with E-state index in [1.165, 1.54) is 27.7 Å². The van der Waals surface area contributed by atoms with Gasteiger partial charge in [0, 0.05) is 54.7 Å². The predicted molar refractivity (Wildman–Crippen MR) is 263 cm³/mol. The number of amides is 6. The molecule has 2 atom stereocenters. The van der Waals surface area contributed by atoms with E-state index in [4.69, 9.17) is 33.4 Å². The summed E-state index contributed by atoms with van der Waals surface area (Å²) < 4.78 is 34.4. The van der Waals surface area contributed by atoms with Crippen LogP contribution in [0, 0.1) is 0 Å². The average Bonchev–Trinajstić information content (AvgIpc) is 3.88. The van der Waals surface area contributed by atoms with Crippen molar-refractivity contribution in [2.24, 2.45) is 0 Å². The molecule has 0 bridgehead atoms. The number of ether oxygens (including phenoxy) is 6. The molecule has 3 aliphatic heterocycles. The molecule has 0 fully saturated rings. The third kappa shape index (κ3) is 15.2. The molecule has 0 aliphatic carbocycles. The first-order valence-electron chi connectivity index (χ1n) is 24.8. The zero-order valence-corrected chi connectivity index (χ0v) is 42.2. The van der Waals surface area contributed by atoms with Crippen molar-refractivity contribution in [3.8, 4) is 17.1 Å². The summed E-state index contributed by atoms with van der Waals surface area (Å²) in [6.45, 7) is 7.65. The summed E-state index contributed by atoms with van der Waals surface area (Å²) >= 11 is 0. The molecule has 3 aliphatic rings. The number of nitrogens with one attached hydrogen (secondary N) is 4. The Labute approximate surface area is 427 Å². The van der Waals surface area contributed by atoms with Gasteiger partial charge in [0.15, 0.2) is 0 Å². The lowest BCUT2D eigenvalue weighted by Crippen LogP contribution is -2.51. The highest BCUT2D eigenvalue weighted by atomic mass is 16.6. The molecule has 6 rings (SSSR count). The van der Waals surface area contributed by atoms with Crippen molar-refractivity contribution in [3.63, 3.8) is 0 Å². The number of alkyl carbamates (subject to hydrolysis) is 1. The van der Waals surface area contributed by atoms with E-state index < -0.39 is 53.3 Å². The van der Waals surface area contributed by atoms with E-state index in [0.29, 0.717) is 92.7 Å². The van der Waals surface area contributed by atoms with Gasteiger partial charge in [0.05, 0.1) is 62.0 Å². The van der Waals surface area contributed by atoms with Crippen LogP contribution in [0.1, 0.15) is 95.8 Å². The Morgan fingerprint density at radius 2 is 1.55 bits per heavy atom. The number of pyridine rings is 2. The Morgan fingerprint density at radius 1 is 0.838 bits per heavy atom. The molecule has 1 aromatic carbocycles. The fraction of sp³-hybridized carbons (Fsp3) is 0.529. The lowest BCUT2D eigenvalue weighted by atomic mass is 9.85. The van der Waals surface area contributed by atoms with Crippen LogP contribution in [0.15, 0.2) is 47.3 Å². The second-order valence-electron chi connectivity index (χ2n) is 18.8. The summed E-state index contributed by atoms with van der Waals surface area (Å²) in [6, 6.07) is 6.99. The molecule has 1 unspecified atom stereocenters. The molecule has 5 heterocycles. The smallest absolute Gasteiger partial charge is 0.408 e. The highest BCUT2D eigenvalue weighted by Gasteiger charge is 2.50. The molecule has 400 valence electrons. The topological polar surface area (TPSA) is 298 Å². The standard InChI is InChI=1S/C51H65N7O16/c1-5-51(36-27-39-45-33(25-32-26-34(59)13-14-37(32)55-45)29-58(39)47(66)35(36)30-72-48(51)67)73-44(64)28-54-46(65)38(56-49(68)74-50(2,3)4)11-8-9-17-52-41(61)31-71-24-23-70-22-21-69-20-18-53-40(60)12-7-6-10-19-57-42(62)15-16-43(57)63/h13-16,25-27,38,59H,5-12,17-24,28-31H2,1-4H3,(H,52,61)(H,53,60)(H,54,65)(H,56,68)/t38?,51-/m0/s1. The molecule has 0 saturated carbocycles. The minimum atomic E-state index is -2.03. The number of carbonyl (C=O) groups excluding carboxylic acids is 8. The van der Waals surface area contributed by atoms with E-state index in [-0.39, 0.29) is 99.5 Å². The number of carbonyl (C=O) groups is 8. The number of phenols is 1. The van der Waals surface area contributed by atoms with Crippen LogP contribution in [0.3, 0.4) is 0 Å². The molecular formula is C51H65N7O16. The van der Waals surface area contributed by atoms with Gasteiger partial charge in [0.1, 0.15) is 37.2 Å². The van der Waals surface area contributed by atoms with Gasteiger partial charge in [-0.3, -0.25) is 38.5 Å². The highest BCUT2D eigenvalue weighted by molar-refractivity contribution is 6.12. The zero-order valence-electron chi connectivity index (χ0n) is 42.2. The van der Waals surface area contributed by atoms with Crippen LogP contribution >= 0.6 is 0 Å². The average molecular weight is 1030 g/mol. The van der Waals surface area contributed by atoms with Crippen molar-refractivity contribution in [1.82, 2.24) is 35.7 Å². The number of hydrogen-bond donors (Lipinski definition) is 5. The number of nitrogens with zero attached hydrogens (tertiary/aromatic N) is 3. The number of unbranched alkanes of at least 4 members (excludes halogenated alkanes) is 3. The first-order chi connectivity index (χ1) is 35.4. The summed E-state index contributed by atoms with van der Waals surface area (Å²) in [5, 5.41) is 21.2. The number of rotatable bonds is 28. The Morgan fingerprint density at radius 3 is 2.28 bits per heavy atom. The van der Waals surface area contributed by atoms with Crippen LogP contribution in [0.25, 0.3) is 22.3 Å². The molecule has 23 nitrogen and oxygen atoms in total. The summed E-state index contributed by atoms with van der Waals surface area (Å²) in [6.07, 6.45) is 4.69. The van der Waals surface area contributed by atoms with E-state index in [9.17, 15) is 48.3 Å². The number of aromatic nitrogens is 2. The molecule has 6 amide bonds. The quantitative estimate of drug-likeness (QED) is 0.0236. The maximum Gasteiger partial charge on any atom is 0.408 e. The lowest BCUT2D eigenvalue weighted by molar-refractivity contribution is -0.189. The van der Waals surface area contributed by atoms with Crippen molar-refractivity contribution in [3.05, 3.63) is 69.5 Å². The van der Waals surface area contributed by atoms with Crippen molar-refractivity contribution >= 4 is 58.5 Å². The third-order valence-electron chi connectivity index (χ3n) is 12.1. The summed E-state index contributed by atoms with van der Waals surface area (Å²) in [7, 11) is 0. The van der Waals surface area contributed by atoms with Crippen LogP contribution in [0.4, 0.5) is 4.79 Å². The third-order valence-corrected chi connectivity index (χ3v) is 12.1. The maximum absolute atomic E-state index is 13.9. The van der Waals surface area contributed by atoms with Crippen LogP contribution in [-0.2, 0) is 80.7 Å². The second kappa shape index (κ2) is 26.1. The first-order valence-corrected chi connectivity index (χ1v) is 24.8. The van der Waals surface area contributed by atoms with Crippen LogP contribution in [0.5, 0.6) is 5.75 Å². The van der Waals surface area contributed by atoms with Gasteiger partial charge in [-0.05, 0) is 89.6 Å². The fourth-order valence-electron chi connectivity index (χ4n) is 8.45. The minimum absolute atomic E-state index is 0.0642. The van der Waals surface area contributed by atoms with Crippen LogP contribution in [0.2, 0.25) is 0 Å². The number of imide groups is 1. The molecule has 74 heavy (non-hydrogen) atoms. The van der Waals surface area contributed by atoms with Gasteiger partial charge in [-0.2, -0.15) is 0 Å². The Hall–Kier alpha value is -7.24. The number of benzene rings is 1. The monoisotopic (exact) mass is 1030 g/mol. The number of hydrogen-bond acceptors (Lipinski definition) is 17. The van der Waals surface area contributed by atoms with Crippen molar-refractivity contribution < 1.29 is 71.9 Å². The van der Waals surface area contributed by atoms with Gasteiger partial charge in [0.2, 0.25) is 23.3 Å². The number of aromatic hydroxyl groups is 1. The molecular weight excluding hydrogens is 967 g/mol. The van der Waals surface area contributed by atoms with Crippen LogP contribution < -0.4 is 26.8 Å². The van der Waals surface area contributed by atoms with Gasteiger partial charge in [0.25, 0.3) is 17.4 Å². The Balaban J connectivity index is 0.874. The largest absolute Gasteiger partial charge is 0.508 e. The van der Waals surface area contributed by atoms with E-state index in [1.54, 1.807) is 45.9 Å². The molecule has 5 N–H and O–H groups in total. The summed E-state index contributed by atoms with van der Waals surface area (Å²) in [5.41, 5.74) is -0.888. The molecule has 2 aromatic heterocycles. The Kier molecular flexibility index (Phi) is 19.8. The van der Waals surface area contributed by atoms with Crippen LogP contribution in [-0.4, -0.2) is 145 Å². The van der Waals surface area contributed by atoms with Gasteiger partial charge in [-0.25, -0.2) is 14.6 Å². The van der Waals surface area contributed by atoms with Gasteiger partial charge < -0.3 is 59.4 Å². The van der Waals surface area contributed by atoms with E-state index in [2.05, 4.69) is 21.3 Å². The number of cyclic esters (lactones) is 1. The molecule has 0 spiro atoms. The van der Waals surface area contributed by atoms with Gasteiger partial charge >= 0.3 is 18.0 Å². The predicted octanol–water partition coefficient (Wildman–Crippen LogP) is 2.28. The van der Waals surface area contributed by atoms with Crippen molar-refractivity contribution in [2.45, 2.75) is 109 Å². The molecule has 0 radical (unpaired) electrons. The molecule has 0 saturated heterocycles. The van der Waals surface area contributed by atoms with E-state index in [1.807, 2.05) is 6.07 Å². The highest BCUT2D eigenvalue weighted by Crippen LogP contribution is 2.41. The van der Waals surface area contributed by atoms with Gasteiger partial charge in [-0.1, -0.05) is 13.3 Å². The molecule has 23 heteroatoms. The number of esters is 2. The Bertz CT molecular complexity index is 2660. The van der Waals surface area contributed by atoms with E-state index >= 15 is 0 Å². The second-order valence-corrected chi connectivity index (χ2v) is 18.8. The van der Waals surface area contributed by atoms with Crippen molar-refractivity contribution in [1.29, 1.82) is 0 Å². The lowest BCUT2D eigenvalue weighted by Gasteiger charge is -2.35.